The van der Waals surface area contributed by atoms with Crippen LogP contribution in [0.5, 0.6) is 0 Å². The van der Waals surface area contributed by atoms with Gasteiger partial charge >= 0.3 is 39.5 Å². The number of phosphoric acid groups is 2. The molecule has 3 N–H and O–H groups in total. The van der Waals surface area contributed by atoms with Gasteiger partial charge in [-0.25, -0.2) is 9.13 Å². The van der Waals surface area contributed by atoms with Crippen molar-refractivity contribution in [3.8, 4) is 0 Å². The first-order valence-corrected chi connectivity index (χ1v) is 42.7. The van der Waals surface area contributed by atoms with Crippen LogP contribution >= 0.6 is 15.6 Å². The van der Waals surface area contributed by atoms with Crippen molar-refractivity contribution in [2.45, 2.75) is 316 Å². The summed E-state index contributed by atoms with van der Waals surface area (Å²) in [6, 6.07) is 0. The van der Waals surface area contributed by atoms with Crippen LogP contribution < -0.4 is 0 Å². The number of aliphatic hydroxyl groups is 1. The van der Waals surface area contributed by atoms with E-state index in [1.165, 1.54) is 12.8 Å². The smallest absolute Gasteiger partial charge is 0.462 e. The van der Waals surface area contributed by atoms with Gasteiger partial charge in [0.25, 0.3) is 0 Å². The van der Waals surface area contributed by atoms with Gasteiger partial charge in [-0.3, -0.25) is 37.3 Å². The summed E-state index contributed by atoms with van der Waals surface area (Å²) in [4.78, 5) is 73.0. The predicted octanol–water partition coefficient (Wildman–Crippen LogP) is 23.2. The molecule has 19 heteroatoms. The standard InChI is InChI=1S/C85H140O17P2/c1-5-9-13-17-21-25-29-32-35-37-39-41-44-47-51-54-58-62-66-70-83(88)96-76-81(102-85(90)72-68-64-60-56-52-48-45-42-40-38-36-33-30-26-22-18-14-10-6-2)78-100-104(93,94)98-74-79(86)73-97-103(91,92)99-77-80(101-84(89)71-67-63-59-55-49-28-24-20-16-12-8-4)75-95-82(87)69-65-61-57-53-50-46-43-34-31-27-23-19-15-11-7-3/h9-11,13-15,20-27,32-36,39-43,50,53,79-81,86H,5-8,12,16-19,28-31,37-38,44-49,51-52,54-78H2,1-4H3,(H,91,92)(H,93,94)/b13-9-,14-10-,15-11-,24-20-,25-21-,26-22-,27-23-,35-32-,36-33-,41-39-,42-40-,43-34-,53-50-. The molecule has 0 spiro atoms. The van der Waals surface area contributed by atoms with Crippen molar-refractivity contribution in [3.05, 3.63) is 158 Å². The summed E-state index contributed by atoms with van der Waals surface area (Å²) in [5.41, 5.74) is 0. The van der Waals surface area contributed by atoms with Crippen molar-refractivity contribution >= 4 is 39.5 Å². The molecule has 0 saturated heterocycles. The molecule has 592 valence electrons. The summed E-state index contributed by atoms with van der Waals surface area (Å²) < 4.78 is 68.5. The van der Waals surface area contributed by atoms with Crippen molar-refractivity contribution in [1.82, 2.24) is 0 Å². The van der Waals surface area contributed by atoms with E-state index >= 15 is 0 Å². The third kappa shape index (κ3) is 74.9. The molecule has 104 heavy (non-hydrogen) atoms. The summed E-state index contributed by atoms with van der Waals surface area (Å²) in [5, 5.41) is 10.6. The van der Waals surface area contributed by atoms with Crippen molar-refractivity contribution in [3.63, 3.8) is 0 Å². The van der Waals surface area contributed by atoms with Gasteiger partial charge in [-0.05, 0) is 161 Å². The maximum atomic E-state index is 13.1. The lowest BCUT2D eigenvalue weighted by atomic mass is 10.1. The van der Waals surface area contributed by atoms with Crippen LogP contribution in [0.15, 0.2) is 158 Å². The average molecular weight is 1500 g/mol. The minimum atomic E-state index is -4.99. The van der Waals surface area contributed by atoms with Gasteiger partial charge in [0.2, 0.25) is 0 Å². The molecule has 0 saturated carbocycles. The first kappa shape index (κ1) is 98.7. The van der Waals surface area contributed by atoms with E-state index in [2.05, 4.69) is 186 Å². The number of phosphoric ester groups is 2. The Balaban J connectivity index is 5.41. The Bertz CT molecular complexity index is 2590. The third-order valence-corrected chi connectivity index (χ3v) is 17.9. The highest BCUT2D eigenvalue weighted by Crippen LogP contribution is 2.45. The van der Waals surface area contributed by atoms with E-state index in [1.54, 1.807) is 0 Å². The van der Waals surface area contributed by atoms with Crippen LogP contribution in [-0.2, 0) is 65.4 Å². The second kappa shape index (κ2) is 75.9. The van der Waals surface area contributed by atoms with Gasteiger partial charge < -0.3 is 33.8 Å². The normalized spacial score (nSPS) is 14.7. The van der Waals surface area contributed by atoms with Crippen LogP contribution in [-0.4, -0.2) is 96.7 Å². The Kier molecular flexibility index (Phi) is 72.0. The minimum Gasteiger partial charge on any atom is -0.462 e. The Labute approximate surface area is 629 Å². The molecule has 0 aromatic rings. The number of hydrogen-bond acceptors (Lipinski definition) is 15. The summed E-state index contributed by atoms with van der Waals surface area (Å²) in [6.45, 7) is 4.40. The summed E-state index contributed by atoms with van der Waals surface area (Å²) in [5.74, 6) is -2.27. The van der Waals surface area contributed by atoms with Gasteiger partial charge in [0.15, 0.2) is 12.2 Å². The Morgan fingerprint density at radius 1 is 0.279 bits per heavy atom. The number of allylic oxidation sites excluding steroid dienone is 26. The fourth-order valence-electron chi connectivity index (χ4n) is 10.00. The quantitative estimate of drug-likeness (QED) is 0.0169. The molecule has 0 aliphatic carbocycles. The number of esters is 4. The van der Waals surface area contributed by atoms with E-state index < -0.39 is 97.5 Å². The highest BCUT2D eigenvalue weighted by atomic mass is 31.2. The number of aliphatic hydroxyl groups excluding tert-OH is 1. The fraction of sp³-hybridized carbons (Fsp3) is 0.647. The minimum absolute atomic E-state index is 0.0691. The van der Waals surface area contributed by atoms with Crippen LogP contribution in [0.1, 0.15) is 297 Å². The summed E-state index contributed by atoms with van der Waals surface area (Å²) in [7, 11) is -9.99. The molecule has 0 aliphatic rings. The third-order valence-electron chi connectivity index (χ3n) is 16.0. The maximum absolute atomic E-state index is 13.1. The van der Waals surface area contributed by atoms with E-state index in [-0.39, 0.29) is 25.7 Å². The molecule has 0 aromatic heterocycles. The molecule has 0 radical (unpaired) electrons. The molecule has 0 fully saturated rings. The first-order chi connectivity index (χ1) is 50.7. The number of unbranched alkanes of at least 4 members (excludes halogenated alkanes) is 21. The van der Waals surface area contributed by atoms with Crippen LogP contribution in [0.4, 0.5) is 0 Å². The van der Waals surface area contributed by atoms with Crippen LogP contribution in [0.3, 0.4) is 0 Å². The Hall–Kier alpha value is -5.32. The molecule has 17 nitrogen and oxygen atoms in total. The number of hydrogen-bond donors (Lipinski definition) is 3. The highest BCUT2D eigenvalue weighted by molar-refractivity contribution is 7.47. The van der Waals surface area contributed by atoms with Gasteiger partial charge in [0.05, 0.1) is 26.4 Å². The van der Waals surface area contributed by atoms with Crippen molar-refractivity contribution in [2.75, 3.05) is 39.6 Å². The largest absolute Gasteiger partial charge is 0.472 e. The van der Waals surface area contributed by atoms with E-state index in [9.17, 15) is 43.2 Å². The zero-order valence-corrected chi connectivity index (χ0v) is 66.4. The molecular formula is C85H140O17P2. The number of carbonyl (C=O) groups is 4. The topological polar surface area (TPSA) is 237 Å². The second-order valence-corrected chi connectivity index (χ2v) is 28.8. The fourth-order valence-corrected chi connectivity index (χ4v) is 11.6. The van der Waals surface area contributed by atoms with E-state index in [0.717, 1.165) is 205 Å². The molecule has 5 atom stereocenters. The van der Waals surface area contributed by atoms with Crippen LogP contribution in [0.2, 0.25) is 0 Å². The molecule has 0 rings (SSSR count). The van der Waals surface area contributed by atoms with Crippen molar-refractivity contribution in [2.24, 2.45) is 0 Å². The molecule has 0 aliphatic heterocycles. The Morgan fingerprint density at radius 2 is 0.500 bits per heavy atom. The average Bonchev–Trinajstić information content (AvgIpc) is 0.928. The monoisotopic (exact) mass is 1490 g/mol. The maximum Gasteiger partial charge on any atom is 0.472 e. The predicted molar refractivity (Wildman–Crippen MR) is 427 cm³/mol. The van der Waals surface area contributed by atoms with E-state index in [4.69, 9.17) is 37.0 Å². The SMILES string of the molecule is CC/C=C\C/C=C\C/C=C\C/C=C\CCCCCCCCC(=O)OCC(COP(=O)(O)OCC(O)COP(=O)(O)OCC(COC(=O)CCCC/C=C\C/C=C\C/C=C\C/C=C\CC)OC(=O)CCCCCCC/C=C\CCCC)OC(=O)CCCCCCCC/C=C\C/C=C\C/C=C\C/C=C\CC. The van der Waals surface area contributed by atoms with Crippen LogP contribution in [0.25, 0.3) is 0 Å². The molecular weight excluding hydrogens is 1350 g/mol. The Morgan fingerprint density at radius 3 is 0.798 bits per heavy atom. The first-order valence-electron chi connectivity index (χ1n) is 39.7. The van der Waals surface area contributed by atoms with Crippen LogP contribution in [0, 0.1) is 0 Å². The summed E-state index contributed by atoms with van der Waals surface area (Å²) in [6.07, 6.45) is 88.0. The highest BCUT2D eigenvalue weighted by Gasteiger charge is 2.30. The van der Waals surface area contributed by atoms with Gasteiger partial charge in [-0.15, -0.1) is 0 Å². The van der Waals surface area contributed by atoms with Gasteiger partial charge in [0, 0.05) is 25.7 Å². The molecule has 0 aromatic carbocycles. The lowest BCUT2D eigenvalue weighted by Crippen LogP contribution is -2.30. The molecule has 0 heterocycles. The number of carbonyl (C=O) groups excluding carboxylic acids is 4. The van der Waals surface area contributed by atoms with E-state index in [1.807, 2.05) is 0 Å². The number of rotatable bonds is 73. The lowest BCUT2D eigenvalue weighted by Gasteiger charge is -2.21. The van der Waals surface area contributed by atoms with Gasteiger partial charge in [0.1, 0.15) is 19.3 Å². The molecule has 5 unspecified atom stereocenters. The van der Waals surface area contributed by atoms with Crippen molar-refractivity contribution < 1.29 is 80.2 Å². The molecule has 0 amide bonds. The van der Waals surface area contributed by atoms with Gasteiger partial charge in [-0.2, -0.15) is 0 Å². The lowest BCUT2D eigenvalue weighted by molar-refractivity contribution is -0.161. The van der Waals surface area contributed by atoms with E-state index in [0.29, 0.717) is 25.7 Å². The zero-order chi connectivity index (χ0) is 76.0. The second-order valence-electron chi connectivity index (χ2n) is 25.9. The summed E-state index contributed by atoms with van der Waals surface area (Å²) >= 11 is 0. The number of ether oxygens (including phenoxy) is 4. The van der Waals surface area contributed by atoms with Gasteiger partial charge in [-0.1, -0.05) is 269 Å². The zero-order valence-electron chi connectivity index (χ0n) is 64.6. The molecule has 0 bridgehead atoms. The van der Waals surface area contributed by atoms with Crippen molar-refractivity contribution in [1.29, 1.82) is 0 Å².